The highest BCUT2D eigenvalue weighted by Gasteiger charge is 1.90. The molecular formula is C10H24MgO2. The van der Waals surface area contributed by atoms with E-state index in [-0.39, 0.29) is 23.1 Å². The molecule has 2 N–H and O–H groups in total. The normalized spacial score (nSPS) is 9.69. The van der Waals surface area contributed by atoms with E-state index in [4.69, 9.17) is 10.2 Å². The van der Waals surface area contributed by atoms with Crippen LogP contribution in [0.2, 0.25) is 0 Å². The Hall–Kier alpha value is 0.686. The van der Waals surface area contributed by atoms with Crippen molar-refractivity contribution in [2.75, 3.05) is 13.2 Å². The van der Waals surface area contributed by atoms with Crippen molar-refractivity contribution in [3.63, 3.8) is 0 Å². The Bertz CT molecular complexity index is 69.3. The van der Waals surface area contributed by atoms with Crippen LogP contribution in [0, 0.1) is 0 Å². The van der Waals surface area contributed by atoms with Gasteiger partial charge in [0.05, 0.1) is 0 Å². The SMILES string of the molecule is OCCCCCCCCCCO.[MgH2]. The summed E-state index contributed by atoms with van der Waals surface area (Å²) in [5.74, 6) is 0. The van der Waals surface area contributed by atoms with Crippen LogP contribution in [-0.2, 0) is 0 Å². The van der Waals surface area contributed by atoms with Gasteiger partial charge in [0.1, 0.15) is 0 Å². The minimum absolute atomic E-state index is 0. The molecule has 0 unspecified atom stereocenters. The van der Waals surface area contributed by atoms with Gasteiger partial charge in [0.25, 0.3) is 0 Å². The molecule has 0 radical (unpaired) electrons. The zero-order chi connectivity index (χ0) is 9.07. The van der Waals surface area contributed by atoms with Crippen LogP contribution in [0.1, 0.15) is 51.4 Å². The van der Waals surface area contributed by atoms with Gasteiger partial charge in [-0.25, -0.2) is 0 Å². The first-order valence-electron chi connectivity index (χ1n) is 5.13. The summed E-state index contributed by atoms with van der Waals surface area (Å²) in [6.45, 7) is 0.676. The maximum atomic E-state index is 8.51. The average Bonchev–Trinajstić information content (AvgIpc) is 2.10. The summed E-state index contributed by atoms with van der Waals surface area (Å²) in [6, 6.07) is 0. The third-order valence-electron chi connectivity index (χ3n) is 2.07. The Kier molecular flexibility index (Phi) is 18.8. The van der Waals surface area contributed by atoms with Crippen molar-refractivity contribution in [1.82, 2.24) is 0 Å². The average molecular weight is 201 g/mol. The van der Waals surface area contributed by atoms with Crippen molar-refractivity contribution < 1.29 is 10.2 Å². The summed E-state index contributed by atoms with van der Waals surface area (Å²) in [7, 11) is 0. The first-order chi connectivity index (χ1) is 5.91. The highest BCUT2D eigenvalue weighted by atomic mass is 24.3. The predicted molar refractivity (Wildman–Crippen MR) is 59.7 cm³/mol. The molecule has 78 valence electrons. The minimum atomic E-state index is 0. The maximum absolute atomic E-state index is 8.51. The lowest BCUT2D eigenvalue weighted by molar-refractivity contribution is 0.279. The highest BCUT2D eigenvalue weighted by Crippen LogP contribution is 2.07. The molecule has 0 fully saturated rings. The van der Waals surface area contributed by atoms with E-state index in [2.05, 4.69) is 0 Å². The lowest BCUT2D eigenvalue weighted by Gasteiger charge is -1.99. The van der Waals surface area contributed by atoms with Gasteiger partial charge in [-0.15, -0.1) is 0 Å². The second-order valence-electron chi connectivity index (χ2n) is 3.28. The second kappa shape index (κ2) is 15.2. The Labute approximate surface area is 97.9 Å². The van der Waals surface area contributed by atoms with E-state index >= 15 is 0 Å². The molecule has 0 aliphatic heterocycles. The molecule has 0 heterocycles. The van der Waals surface area contributed by atoms with E-state index < -0.39 is 0 Å². The topological polar surface area (TPSA) is 40.5 Å². The van der Waals surface area contributed by atoms with Gasteiger partial charge in [-0.2, -0.15) is 0 Å². The number of unbranched alkanes of at least 4 members (excludes halogenated alkanes) is 7. The first kappa shape index (κ1) is 16.1. The summed E-state index contributed by atoms with van der Waals surface area (Å²) in [6.07, 6.45) is 9.30. The van der Waals surface area contributed by atoms with Crippen molar-refractivity contribution in [2.24, 2.45) is 0 Å². The fourth-order valence-electron chi connectivity index (χ4n) is 1.28. The van der Waals surface area contributed by atoms with E-state index in [9.17, 15) is 0 Å². The Morgan fingerprint density at radius 2 is 0.692 bits per heavy atom. The lowest BCUT2D eigenvalue weighted by Crippen LogP contribution is -1.85. The van der Waals surface area contributed by atoms with Crippen molar-refractivity contribution in [1.29, 1.82) is 0 Å². The molecule has 0 bridgehead atoms. The van der Waals surface area contributed by atoms with Gasteiger partial charge in [0, 0.05) is 13.2 Å². The Morgan fingerprint density at radius 3 is 0.923 bits per heavy atom. The van der Waals surface area contributed by atoms with Gasteiger partial charge < -0.3 is 10.2 Å². The molecule has 0 amide bonds. The van der Waals surface area contributed by atoms with Crippen LogP contribution >= 0.6 is 0 Å². The van der Waals surface area contributed by atoms with Crippen LogP contribution in [0.4, 0.5) is 0 Å². The van der Waals surface area contributed by atoms with Gasteiger partial charge >= 0.3 is 23.1 Å². The number of aliphatic hydroxyl groups is 2. The standard InChI is InChI=1S/C10H22O2.Mg.2H/c11-9-7-5-3-1-2-4-6-8-10-12;;;/h11-12H,1-10H2;;;. The van der Waals surface area contributed by atoms with Crippen LogP contribution < -0.4 is 0 Å². The van der Waals surface area contributed by atoms with E-state index in [1.165, 1.54) is 25.7 Å². The summed E-state index contributed by atoms with van der Waals surface area (Å²) in [4.78, 5) is 0. The molecule has 2 nitrogen and oxygen atoms in total. The van der Waals surface area contributed by atoms with E-state index in [1.54, 1.807) is 0 Å². The highest BCUT2D eigenvalue weighted by molar-refractivity contribution is 5.75. The van der Waals surface area contributed by atoms with Crippen LogP contribution in [0.5, 0.6) is 0 Å². The third-order valence-corrected chi connectivity index (χ3v) is 2.07. The van der Waals surface area contributed by atoms with Crippen LogP contribution in [0.25, 0.3) is 0 Å². The van der Waals surface area contributed by atoms with Gasteiger partial charge in [-0.3, -0.25) is 0 Å². The molecule has 0 saturated carbocycles. The van der Waals surface area contributed by atoms with Gasteiger partial charge in [-0.05, 0) is 12.8 Å². The summed E-state index contributed by atoms with van der Waals surface area (Å²) in [5, 5.41) is 17.0. The molecule has 0 aromatic heterocycles. The van der Waals surface area contributed by atoms with E-state index in [0.717, 1.165) is 25.7 Å². The number of hydrogen-bond acceptors (Lipinski definition) is 2. The third kappa shape index (κ3) is 15.4. The fraction of sp³-hybridized carbons (Fsp3) is 1.00. The van der Waals surface area contributed by atoms with Gasteiger partial charge in [0.2, 0.25) is 0 Å². The number of hydrogen-bond donors (Lipinski definition) is 2. The number of rotatable bonds is 9. The van der Waals surface area contributed by atoms with Gasteiger partial charge in [-0.1, -0.05) is 38.5 Å². The van der Waals surface area contributed by atoms with Crippen molar-refractivity contribution in [3.05, 3.63) is 0 Å². The summed E-state index contributed by atoms with van der Waals surface area (Å²) in [5.41, 5.74) is 0. The summed E-state index contributed by atoms with van der Waals surface area (Å²) < 4.78 is 0. The lowest BCUT2D eigenvalue weighted by atomic mass is 10.1. The van der Waals surface area contributed by atoms with Crippen molar-refractivity contribution in [2.45, 2.75) is 51.4 Å². The zero-order valence-electron chi connectivity index (χ0n) is 7.97. The van der Waals surface area contributed by atoms with E-state index in [0.29, 0.717) is 13.2 Å². The fourth-order valence-corrected chi connectivity index (χ4v) is 1.28. The van der Waals surface area contributed by atoms with Crippen molar-refractivity contribution in [3.8, 4) is 0 Å². The molecule has 0 aromatic carbocycles. The largest absolute Gasteiger partial charge is 0.396 e. The Balaban J connectivity index is 0. The maximum Gasteiger partial charge on any atom is 0.316 e. The predicted octanol–water partition coefficient (Wildman–Crippen LogP) is 1.18. The first-order valence-corrected chi connectivity index (χ1v) is 5.13. The molecule has 0 saturated heterocycles. The molecule has 13 heavy (non-hydrogen) atoms. The zero-order valence-corrected chi connectivity index (χ0v) is 7.97. The minimum Gasteiger partial charge on any atom is -0.396 e. The monoisotopic (exact) mass is 200 g/mol. The molecule has 0 atom stereocenters. The second-order valence-corrected chi connectivity index (χ2v) is 3.28. The Morgan fingerprint density at radius 1 is 0.462 bits per heavy atom. The van der Waals surface area contributed by atoms with Crippen molar-refractivity contribution >= 4 is 23.1 Å². The van der Waals surface area contributed by atoms with Crippen LogP contribution in [-0.4, -0.2) is 46.5 Å². The quantitative estimate of drug-likeness (QED) is 0.433. The van der Waals surface area contributed by atoms with E-state index in [1.807, 2.05) is 0 Å². The summed E-state index contributed by atoms with van der Waals surface area (Å²) >= 11 is 0. The molecule has 0 spiro atoms. The van der Waals surface area contributed by atoms with Crippen LogP contribution in [0.3, 0.4) is 0 Å². The molecular weight excluding hydrogens is 176 g/mol. The molecule has 0 aliphatic rings. The van der Waals surface area contributed by atoms with Crippen LogP contribution in [0.15, 0.2) is 0 Å². The molecule has 0 aliphatic carbocycles. The van der Waals surface area contributed by atoms with Gasteiger partial charge in [0.15, 0.2) is 0 Å². The molecule has 0 rings (SSSR count). The smallest absolute Gasteiger partial charge is 0.316 e. The number of aliphatic hydroxyl groups excluding tert-OH is 2. The molecule has 3 heteroatoms. The molecule has 0 aromatic rings.